The molecule has 18 heavy (non-hydrogen) atoms. The minimum Gasteiger partial charge on any atom is -0.391 e. The summed E-state index contributed by atoms with van der Waals surface area (Å²) in [5.74, 6) is 0. The molecule has 1 aromatic heterocycles. The molecule has 0 aliphatic carbocycles. The van der Waals surface area contributed by atoms with Crippen molar-refractivity contribution in [3.05, 3.63) is 10.6 Å². The predicted octanol–water partition coefficient (Wildman–Crippen LogP) is 2.98. The monoisotopic (exact) mass is 282 g/mol. The summed E-state index contributed by atoms with van der Waals surface area (Å²) in [7, 11) is 0. The molecule has 104 valence electrons. The van der Waals surface area contributed by atoms with Gasteiger partial charge in [0.1, 0.15) is 6.54 Å². The molecule has 0 atom stereocenters. The molecular weight excluding hydrogens is 265 g/mol. The first kappa shape index (κ1) is 15.2. The molecule has 0 aliphatic heterocycles. The van der Waals surface area contributed by atoms with E-state index in [0.29, 0.717) is 35.1 Å². The highest BCUT2D eigenvalue weighted by atomic mass is 32.1. The SMILES string of the molecule is CCCN(CC(F)(F)F)c1nc(CC)c(CO)s1. The number of halogens is 3. The van der Waals surface area contributed by atoms with Gasteiger partial charge in [0.2, 0.25) is 0 Å². The Balaban J connectivity index is 2.94. The van der Waals surface area contributed by atoms with Gasteiger partial charge in [0, 0.05) is 6.54 Å². The van der Waals surface area contributed by atoms with Crippen molar-refractivity contribution in [3.63, 3.8) is 0 Å². The smallest absolute Gasteiger partial charge is 0.391 e. The highest BCUT2D eigenvalue weighted by Crippen LogP contribution is 2.29. The number of aryl methyl sites for hydroxylation is 1. The molecule has 0 spiro atoms. The third-order valence-electron chi connectivity index (χ3n) is 2.38. The Morgan fingerprint density at radius 3 is 2.39 bits per heavy atom. The van der Waals surface area contributed by atoms with Gasteiger partial charge in [0.05, 0.1) is 17.2 Å². The van der Waals surface area contributed by atoms with E-state index in [-0.39, 0.29) is 6.61 Å². The Hall–Kier alpha value is -0.820. The van der Waals surface area contributed by atoms with E-state index < -0.39 is 12.7 Å². The molecule has 0 amide bonds. The number of rotatable bonds is 6. The molecule has 1 heterocycles. The molecule has 1 aromatic rings. The molecule has 0 bridgehead atoms. The van der Waals surface area contributed by atoms with Crippen LogP contribution in [0, 0.1) is 0 Å². The van der Waals surface area contributed by atoms with Crippen LogP contribution in [-0.2, 0) is 13.0 Å². The third kappa shape index (κ3) is 4.13. The number of thiazole rings is 1. The molecule has 0 saturated heterocycles. The van der Waals surface area contributed by atoms with Crippen molar-refractivity contribution in [2.24, 2.45) is 0 Å². The van der Waals surface area contributed by atoms with E-state index in [9.17, 15) is 13.2 Å². The van der Waals surface area contributed by atoms with Crippen molar-refractivity contribution in [2.75, 3.05) is 18.0 Å². The van der Waals surface area contributed by atoms with Crippen LogP contribution in [0.4, 0.5) is 18.3 Å². The molecule has 0 radical (unpaired) electrons. The Morgan fingerprint density at radius 1 is 1.33 bits per heavy atom. The lowest BCUT2D eigenvalue weighted by Gasteiger charge is -2.22. The summed E-state index contributed by atoms with van der Waals surface area (Å²) >= 11 is 1.14. The van der Waals surface area contributed by atoms with Crippen molar-refractivity contribution in [3.8, 4) is 0 Å². The van der Waals surface area contributed by atoms with E-state index in [1.165, 1.54) is 4.90 Å². The zero-order valence-electron chi connectivity index (χ0n) is 10.4. The van der Waals surface area contributed by atoms with E-state index >= 15 is 0 Å². The molecule has 0 aromatic carbocycles. The zero-order chi connectivity index (χ0) is 13.8. The summed E-state index contributed by atoms with van der Waals surface area (Å²) in [4.78, 5) is 6.06. The van der Waals surface area contributed by atoms with Crippen molar-refractivity contribution in [2.45, 2.75) is 39.5 Å². The number of anilines is 1. The maximum Gasteiger partial charge on any atom is 0.406 e. The second kappa shape index (κ2) is 6.38. The van der Waals surface area contributed by atoms with Crippen LogP contribution in [0.3, 0.4) is 0 Å². The standard InChI is InChI=1S/C11H17F3N2OS/c1-3-5-16(7-11(12,13)14)10-15-8(4-2)9(6-17)18-10/h17H,3-7H2,1-2H3. The van der Waals surface area contributed by atoms with Crippen LogP contribution >= 0.6 is 11.3 Å². The summed E-state index contributed by atoms with van der Waals surface area (Å²) in [5, 5.41) is 9.48. The highest BCUT2D eigenvalue weighted by Gasteiger charge is 2.32. The van der Waals surface area contributed by atoms with Crippen LogP contribution in [0.25, 0.3) is 0 Å². The molecule has 0 fully saturated rings. The van der Waals surface area contributed by atoms with Crippen molar-refractivity contribution >= 4 is 16.5 Å². The number of aliphatic hydroxyl groups excluding tert-OH is 1. The van der Waals surface area contributed by atoms with Gasteiger partial charge in [0.25, 0.3) is 0 Å². The van der Waals surface area contributed by atoms with E-state index in [4.69, 9.17) is 5.11 Å². The first-order chi connectivity index (χ1) is 8.41. The van der Waals surface area contributed by atoms with Crippen LogP contribution in [0.2, 0.25) is 0 Å². The van der Waals surface area contributed by atoms with Crippen molar-refractivity contribution in [1.82, 2.24) is 4.98 Å². The number of hydrogen-bond donors (Lipinski definition) is 1. The number of alkyl halides is 3. The minimum absolute atomic E-state index is 0.174. The topological polar surface area (TPSA) is 36.4 Å². The second-order valence-corrected chi connectivity index (χ2v) is 4.98. The quantitative estimate of drug-likeness (QED) is 0.871. The first-order valence-electron chi connectivity index (χ1n) is 5.82. The van der Waals surface area contributed by atoms with Crippen LogP contribution in [-0.4, -0.2) is 29.4 Å². The highest BCUT2D eigenvalue weighted by molar-refractivity contribution is 7.15. The average molecular weight is 282 g/mol. The van der Waals surface area contributed by atoms with E-state index in [0.717, 1.165) is 11.3 Å². The summed E-state index contributed by atoms with van der Waals surface area (Å²) < 4.78 is 37.4. The fraction of sp³-hybridized carbons (Fsp3) is 0.727. The van der Waals surface area contributed by atoms with Gasteiger partial charge in [-0.1, -0.05) is 25.2 Å². The molecular formula is C11H17F3N2OS. The summed E-state index contributed by atoms with van der Waals surface area (Å²) in [6.07, 6.45) is -3.02. The fourth-order valence-corrected chi connectivity index (χ4v) is 2.67. The first-order valence-corrected chi connectivity index (χ1v) is 6.64. The van der Waals surface area contributed by atoms with Crippen molar-refractivity contribution < 1.29 is 18.3 Å². The third-order valence-corrected chi connectivity index (χ3v) is 3.52. The number of hydrogen-bond acceptors (Lipinski definition) is 4. The Bertz CT molecular complexity index is 357. The lowest BCUT2D eigenvalue weighted by atomic mass is 10.3. The Labute approximate surface area is 108 Å². The van der Waals surface area contributed by atoms with Crippen LogP contribution in [0.15, 0.2) is 0 Å². The fourth-order valence-electron chi connectivity index (χ4n) is 1.63. The van der Waals surface area contributed by atoms with Gasteiger partial charge in [-0.3, -0.25) is 0 Å². The number of aromatic nitrogens is 1. The van der Waals surface area contributed by atoms with Gasteiger partial charge in [-0.05, 0) is 12.8 Å². The summed E-state index contributed by atoms with van der Waals surface area (Å²) in [6, 6.07) is 0. The number of aliphatic hydroxyl groups is 1. The predicted molar refractivity (Wildman–Crippen MR) is 66.0 cm³/mol. The average Bonchev–Trinajstić information content (AvgIpc) is 2.69. The van der Waals surface area contributed by atoms with Gasteiger partial charge in [-0.2, -0.15) is 13.2 Å². The van der Waals surface area contributed by atoms with E-state index in [2.05, 4.69) is 4.98 Å². The van der Waals surface area contributed by atoms with E-state index in [1.54, 1.807) is 0 Å². The lowest BCUT2D eigenvalue weighted by Crippen LogP contribution is -2.34. The summed E-state index contributed by atoms with van der Waals surface area (Å²) in [5.41, 5.74) is 0.681. The molecule has 1 rings (SSSR count). The van der Waals surface area contributed by atoms with Gasteiger partial charge in [-0.25, -0.2) is 4.98 Å². The largest absolute Gasteiger partial charge is 0.406 e. The van der Waals surface area contributed by atoms with Crippen LogP contribution in [0.1, 0.15) is 30.8 Å². The maximum atomic E-state index is 12.5. The van der Waals surface area contributed by atoms with Crippen LogP contribution < -0.4 is 4.90 Å². The molecule has 1 N–H and O–H groups in total. The Kier molecular flexibility index (Phi) is 5.40. The lowest BCUT2D eigenvalue weighted by molar-refractivity contribution is -0.119. The zero-order valence-corrected chi connectivity index (χ0v) is 11.2. The molecule has 0 saturated carbocycles. The maximum absolute atomic E-state index is 12.5. The van der Waals surface area contributed by atoms with Crippen LogP contribution in [0.5, 0.6) is 0 Å². The van der Waals surface area contributed by atoms with Gasteiger partial charge >= 0.3 is 6.18 Å². The van der Waals surface area contributed by atoms with E-state index in [1.807, 2.05) is 13.8 Å². The molecule has 0 aliphatic rings. The normalized spacial score (nSPS) is 11.9. The van der Waals surface area contributed by atoms with Gasteiger partial charge in [-0.15, -0.1) is 0 Å². The minimum atomic E-state index is -4.24. The molecule has 0 unspecified atom stereocenters. The summed E-state index contributed by atoms with van der Waals surface area (Å²) in [6.45, 7) is 2.83. The second-order valence-electron chi connectivity index (χ2n) is 3.91. The number of nitrogens with zero attached hydrogens (tertiary/aromatic N) is 2. The Morgan fingerprint density at radius 2 is 2.00 bits per heavy atom. The van der Waals surface area contributed by atoms with Gasteiger partial charge < -0.3 is 10.0 Å². The van der Waals surface area contributed by atoms with Gasteiger partial charge in [0.15, 0.2) is 5.13 Å². The molecule has 7 heteroatoms. The molecule has 3 nitrogen and oxygen atoms in total. The van der Waals surface area contributed by atoms with Crippen molar-refractivity contribution in [1.29, 1.82) is 0 Å².